The van der Waals surface area contributed by atoms with Gasteiger partial charge in [-0.25, -0.2) is 9.37 Å². The highest BCUT2D eigenvalue weighted by atomic mass is 19.4. The van der Waals surface area contributed by atoms with E-state index in [4.69, 9.17) is 9.47 Å². The number of ether oxygens (including phenoxy) is 2. The highest BCUT2D eigenvalue weighted by Gasteiger charge is 2.57. The van der Waals surface area contributed by atoms with Crippen LogP contribution in [0.15, 0.2) is 36.5 Å². The molecule has 2 spiro atoms. The van der Waals surface area contributed by atoms with Gasteiger partial charge in [0.1, 0.15) is 22.9 Å². The van der Waals surface area contributed by atoms with E-state index >= 15 is 4.39 Å². The highest BCUT2D eigenvalue weighted by molar-refractivity contribution is 6.03. The second kappa shape index (κ2) is 9.94. The highest BCUT2D eigenvalue weighted by Crippen LogP contribution is 2.57. The molecule has 0 radical (unpaired) electrons. The number of benzene rings is 2. The van der Waals surface area contributed by atoms with Crippen molar-refractivity contribution in [2.24, 2.45) is 5.41 Å². The first-order chi connectivity index (χ1) is 20.9. The summed E-state index contributed by atoms with van der Waals surface area (Å²) in [5.41, 5.74) is -0.0246. The van der Waals surface area contributed by atoms with E-state index in [1.165, 1.54) is 19.2 Å². The summed E-state index contributed by atoms with van der Waals surface area (Å²) in [4.78, 5) is 26.9. The van der Waals surface area contributed by atoms with Gasteiger partial charge in [0.2, 0.25) is 11.8 Å². The third kappa shape index (κ3) is 4.59. The normalized spacial score (nSPS) is 22.3. The molecule has 4 heterocycles. The Hall–Kier alpha value is -4.13. The zero-order valence-electron chi connectivity index (χ0n) is 24.6. The first-order valence-electron chi connectivity index (χ1n) is 14.5. The number of hydrogen-bond donors (Lipinski definition) is 1. The van der Waals surface area contributed by atoms with Gasteiger partial charge in [-0.1, -0.05) is 12.1 Å². The van der Waals surface area contributed by atoms with Gasteiger partial charge in [-0.3, -0.25) is 4.79 Å². The standard InChI is InChI=1S/C31H32F4N6O3/c1-39-11-9-29(16-39)10-12-41(17-29)22-14-24(43-3)21(13-20(22)32)37-28-36-15-19(31(33,34)35)26(38-28)44-23-6-4-5-18-25(23)27(42)40(2)30(18)7-8-30/h4-6,13-15H,7-12,16-17H2,1-3H3,(H,36,37,38). The number of nitrogens with zero attached hydrogens (tertiary/aromatic N) is 5. The number of alkyl halides is 3. The lowest BCUT2D eigenvalue weighted by Crippen LogP contribution is -2.30. The first kappa shape index (κ1) is 28.6. The molecule has 3 aromatic rings. The van der Waals surface area contributed by atoms with Crippen molar-refractivity contribution in [1.29, 1.82) is 0 Å². The maximum atomic E-state index is 15.5. The van der Waals surface area contributed by atoms with Crippen LogP contribution in [0.5, 0.6) is 17.4 Å². The number of carbonyl (C=O) groups excluding carboxylic acids is 1. The summed E-state index contributed by atoms with van der Waals surface area (Å²) in [6, 6.07) is 7.71. The van der Waals surface area contributed by atoms with Crippen molar-refractivity contribution in [1.82, 2.24) is 19.8 Å². The molecule has 2 saturated heterocycles. The molecule has 1 aliphatic carbocycles. The van der Waals surface area contributed by atoms with Crippen LogP contribution >= 0.6 is 0 Å². The summed E-state index contributed by atoms with van der Waals surface area (Å²) < 4.78 is 68.9. The van der Waals surface area contributed by atoms with Gasteiger partial charge in [0.05, 0.1) is 29.6 Å². The largest absolute Gasteiger partial charge is 0.494 e. The molecule has 3 aliphatic heterocycles. The van der Waals surface area contributed by atoms with Gasteiger partial charge in [0.15, 0.2) is 0 Å². The Kier molecular flexibility index (Phi) is 6.47. The maximum Gasteiger partial charge on any atom is 0.423 e. The van der Waals surface area contributed by atoms with E-state index in [1.807, 2.05) is 4.90 Å². The van der Waals surface area contributed by atoms with E-state index in [-0.39, 0.29) is 40.0 Å². The molecule has 4 aliphatic rings. The lowest BCUT2D eigenvalue weighted by atomic mass is 9.86. The number of anilines is 3. The smallest absolute Gasteiger partial charge is 0.423 e. The molecular formula is C31H32F4N6O3. The van der Waals surface area contributed by atoms with Crippen LogP contribution in [0.3, 0.4) is 0 Å². The second-order valence-electron chi connectivity index (χ2n) is 12.4. The number of fused-ring (bicyclic) bond motifs is 2. The van der Waals surface area contributed by atoms with Crippen LogP contribution in [0, 0.1) is 11.2 Å². The van der Waals surface area contributed by atoms with Crippen molar-refractivity contribution < 1.29 is 31.8 Å². The molecule has 9 nitrogen and oxygen atoms in total. The molecule has 1 saturated carbocycles. The fourth-order valence-electron chi connectivity index (χ4n) is 7.10. The van der Waals surface area contributed by atoms with Crippen molar-refractivity contribution in [3.05, 3.63) is 59.0 Å². The van der Waals surface area contributed by atoms with E-state index in [9.17, 15) is 18.0 Å². The number of carbonyl (C=O) groups is 1. The average molecular weight is 613 g/mol. The number of likely N-dealkylation sites (tertiary alicyclic amines) is 1. The molecule has 2 aromatic carbocycles. The zero-order chi connectivity index (χ0) is 31.0. The molecule has 44 heavy (non-hydrogen) atoms. The minimum atomic E-state index is -4.84. The molecule has 0 bridgehead atoms. The minimum Gasteiger partial charge on any atom is -0.494 e. The second-order valence-corrected chi connectivity index (χ2v) is 12.4. The van der Waals surface area contributed by atoms with E-state index < -0.39 is 29.0 Å². The fraction of sp³-hybridized carbons (Fsp3) is 0.452. The molecule has 1 aromatic heterocycles. The molecule has 7 rings (SSSR count). The number of nitrogens with one attached hydrogen (secondary N) is 1. The van der Waals surface area contributed by atoms with Crippen LogP contribution in [0.4, 0.5) is 34.9 Å². The Morgan fingerprint density at radius 1 is 1.02 bits per heavy atom. The SMILES string of the molecule is COc1cc(N2CCC3(CCN(C)C3)C2)c(F)cc1Nc1ncc(C(F)(F)F)c(Oc2cccc3c2C(=O)N(C)C32CC2)n1. The van der Waals surface area contributed by atoms with Crippen molar-refractivity contribution >= 4 is 23.2 Å². The predicted molar refractivity (Wildman–Crippen MR) is 154 cm³/mol. The van der Waals surface area contributed by atoms with E-state index in [2.05, 4.69) is 27.2 Å². The Bertz CT molecular complexity index is 1660. The van der Waals surface area contributed by atoms with Crippen LogP contribution in [-0.2, 0) is 11.7 Å². The van der Waals surface area contributed by atoms with Crippen LogP contribution in [0.2, 0.25) is 0 Å². The van der Waals surface area contributed by atoms with Gasteiger partial charge in [-0.05, 0) is 50.9 Å². The molecular weight excluding hydrogens is 580 g/mol. The van der Waals surface area contributed by atoms with E-state index in [1.54, 1.807) is 30.1 Å². The Balaban J connectivity index is 1.19. The minimum absolute atomic E-state index is 0.0249. The van der Waals surface area contributed by atoms with E-state index in [0.29, 0.717) is 18.4 Å². The third-order valence-electron chi connectivity index (χ3n) is 9.60. The van der Waals surface area contributed by atoms with Crippen LogP contribution in [-0.4, -0.2) is 73.1 Å². The summed E-state index contributed by atoms with van der Waals surface area (Å²) in [5, 5.41) is 2.80. The lowest BCUT2D eigenvalue weighted by molar-refractivity contribution is -0.139. The topological polar surface area (TPSA) is 83.1 Å². The van der Waals surface area contributed by atoms with Gasteiger partial charge in [0, 0.05) is 50.4 Å². The summed E-state index contributed by atoms with van der Waals surface area (Å²) in [6.07, 6.45) is -0.663. The van der Waals surface area contributed by atoms with Crippen LogP contribution in [0.25, 0.3) is 0 Å². The molecule has 1 atom stereocenters. The molecule has 3 fully saturated rings. The number of aromatic nitrogens is 2. The van der Waals surface area contributed by atoms with Crippen molar-refractivity contribution in [3.63, 3.8) is 0 Å². The number of amides is 1. The Morgan fingerprint density at radius 3 is 2.48 bits per heavy atom. The lowest BCUT2D eigenvalue weighted by Gasteiger charge is -2.26. The van der Waals surface area contributed by atoms with Crippen LogP contribution < -0.4 is 19.7 Å². The summed E-state index contributed by atoms with van der Waals surface area (Å²) in [5.74, 6) is -1.61. The van der Waals surface area contributed by atoms with Gasteiger partial charge in [0.25, 0.3) is 5.91 Å². The molecule has 1 unspecified atom stereocenters. The van der Waals surface area contributed by atoms with Crippen LogP contribution in [0.1, 0.15) is 47.2 Å². The van der Waals surface area contributed by atoms with Gasteiger partial charge in [-0.15, -0.1) is 0 Å². The quantitative estimate of drug-likeness (QED) is 0.351. The Labute approximate surface area is 251 Å². The molecule has 1 N–H and O–H groups in total. The zero-order valence-corrected chi connectivity index (χ0v) is 24.6. The average Bonchev–Trinajstić information content (AvgIpc) is 3.50. The van der Waals surface area contributed by atoms with E-state index in [0.717, 1.165) is 50.9 Å². The number of rotatable bonds is 6. The summed E-state index contributed by atoms with van der Waals surface area (Å²) >= 11 is 0. The summed E-state index contributed by atoms with van der Waals surface area (Å²) in [6.45, 7) is 3.43. The number of halogens is 4. The van der Waals surface area contributed by atoms with Crippen molar-refractivity contribution in [3.8, 4) is 17.4 Å². The molecule has 13 heteroatoms. The predicted octanol–water partition coefficient (Wildman–Crippen LogP) is 5.79. The Morgan fingerprint density at radius 2 is 1.80 bits per heavy atom. The van der Waals surface area contributed by atoms with Gasteiger partial charge < -0.3 is 29.5 Å². The third-order valence-corrected chi connectivity index (χ3v) is 9.60. The van der Waals surface area contributed by atoms with Gasteiger partial charge >= 0.3 is 6.18 Å². The van der Waals surface area contributed by atoms with Gasteiger partial charge in [-0.2, -0.15) is 18.2 Å². The monoisotopic (exact) mass is 612 g/mol. The summed E-state index contributed by atoms with van der Waals surface area (Å²) in [7, 11) is 5.20. The first-order valence-corrected chi connectivity index (χ1v) is 14.5. The molecule has 1 amide bonds. The maximum absolute atomic E-state index is 15.5. The molecule has 232 valence electrons. The van der Waals surface area contributed by atoms with Crippen molar-refractivity contribution in [2.45, 2.75) is 37.4 Å². The van der Waals surface area contributed by atoms with Crippen molar-refractivity contribution in [2.75, 3.05) is 57.6 Å². The fourth-order valence-corrected chi connectivity index (χ4v) is 7.10. The number of methoxy groups -OCH3 is 1. The number of hydrogen-bond acceptors (Lipinski definition) is 8.